The molecule has 11 heteroatoms. The average molecular weight is 318 g/mol. The smallest absolute Gasteiger partial charge is 0.393 e. The summed E-state index contributed by atoms with van der Waals surface area (Å²) < 4.78 is 116. The van der Waals surface area contributed by atoms with E-state index in [2.05, 4.69) is 11.3 Å². The summed E-state index contributed by atoms with van der Waals surface area (Å²) in [5.74, 6) is -21.9. The van der Waals surface area contributed by atoms with E-state index in [0.29, 0.717) is 6.92 Å². The quantitative estimate of drug-likeness (QED) is 0.425. The van der Waals surface area contributed by atoms with Gasteiger partial charge in [0.2, 0.25) is 0 Å². The molecule has 20 heavy (non-hydrogen) atoms. The molecule has 0 heterocycles. The summed E-state index contributed by atoms with van der Waals surface area (Å²) in [7, 11) is 0. The molecule has 0 aromatic heterocycles. The van der Waals surface area contributed by atoms with E-state index < -0.39 is 42.1 Å². The third-order valence-corrected chi connectivity index (χ3v) is 1.96. The Bertz CT molecular complexity index is 402. The number of hydrogen-bond donors (Lipinski definition) is 0. The van der Waals surface area contributed by atoms with Gasteiger partial charge in [-0.2, -0.15) is 35.1 Å². The van der Waals surface area contributed by atoms with Crippen LogP contribution >= 0.6 is 0 Å². The number of rotatable bonds is 6. The number of halogens is 9. The van der Waals surface area contributed by atoms with Gasteiger partial charge in [-0.05, 0) is 6.92 Å². The third kappa shape index (κ3) is 2.85. The van der Waals surface area contributed by atoms with Gasteiger partial charge in [-0.1, -0.05) is 6.58 Å². The Morgan fingerprint density at radius 1 is 1.00 bits per heavy atom. The first kappa shape index (κ1) is 18.6. The van der Waals surface area contributed by atoms with Gasteiger partial charge in [-0.25, -0.2) is 9.18 Å². The molecule has 2 nitrogen and oxygen atoms in total. The van der Waals surface area contributed by atoms with Crippen LogP contribution in [0.25, 0.3) is 0 Å². The van der Waals surface area contributed by atoms with Gasteiger partial charge >= 0.3 is 29.8 Å². The Labute approximate surface area is 106 Å². The van der Waals surface area contributed by atoms with Gasteiger partial charge in [0.05, 0.1) is 0 Å². The molecule has 0 aliphatic rings. The van der Waals surface area contributed by atoms with Gasteiger partial charge in [-0.3, -0.25) is 0 Å². The van der Waals surface area contributed by atoms with Crippen molar-refractivity contribution in [3.63, 3.8) is 0 Å². The van der Waals surface area contributed by atoms with E-state index in [1.165, 1.54) is 0 Å². The molecule has 0 atom stereocenters. The van der Waals surface area contributed by atoms with E-state index in [-0.39, 0.29) is 0 Å². The first-order chi connectivity index (χ1) is 8.64. The fourth-order valence-electron chi connectivity index (χ4n) is 0.764. The van der Waals surface area contributed by atoms with E-state index >= 15 is 0 Å². The van der Waals surface area contributed by atoms with E-state index in [1.54, 1.807) is 0 Å². The van der Waals surface area contributed by atoms with Gasteiger partial charge in [-0.15, -0.1) is 0 Å². The lowest BCUT2D eigenvalue weighted by atomic mass is 10.0. The number of ether oxygens (including phenoxy) is 1. The minimum Gasteiger partial charge on any atom is -0.393 e. The third-order valence-electron chi connectivity index (χ3n) is 1.96. The fraction of sp³-hybridized carbons (Fsp3) is 0.667. The minimum atomic E-state index is -6.85. The van der Waals surface area contributed by atoms with Crippen LogP contribution in [0.4, 0.5) is 39.5 Å². The molecular formula is C9H7F9O2. The Kier molecular flexibility index (Phi) is 4.80. The van der Waals surface area contributed by atoms with Crippen molar-refractivity contribution in [2.75, 3.05) is 6.67 Å². The minimum absolute atomic E-state index is 0.713. The molecule has 0 aromatic rings. The molecule has 0 N–H and O–H groups in total. The SMILES string of the molecule is C=C(C)C(=O)OC(F)(F)C(F)(F)C(F)(F)C(F)(F)CF. The number of hydrogen-bond acceptors (Lipinski definition) is 2. The summed E-state index contributed by atoms with van der Waals surface area (Å²) in [6.45, 7) is 0.0938. The Morgan fingerprint density at radius 3 is 1.70 bits per heavy atom. The molecule has 0 spiro atoms. The van der Waals surface area contributed by atoms with Crippen LogP contribution in [0.5, 0.6) is 0 Å². The van der Waals surface area contributed by atoms with Crippen LogP contribution in [0, 0.1) is 0 Å². The lowest BCUT2D eigenvalue weighted by Crippen LogP contribution is -2.63. The largest absolute Gasteiger partial charge is 0.473 e. The van der Waals surface area contributed by atoms with Crippen LogP contribution in [0.1, 0.15) is 6.92 Å². The summed E-state index contributed by atoms with van der Waals surface area (Å²) in [5, 5.41) is 0. The highest BCUT2D eigenvalue weighted by Gasteiger charge is 2.82. The first-order valence-corrected chi connectivity index (χ1v) is 4.60. The molecule has 0 bridgehead atoms. The van der Waals surface area contributed by atoms with Crippen LogP contribution in [-0.4, -0.2) is 36.5 Å². The number of carbonyl (C=O) groups excluding carboxylic acids is 1. The Balaban J connectivity index is 5.60. The van der Waals surface area contributed by atoms with E-state index in [4.69, 9.17) is 0 Å². The van der Waals surface area contributed by atoms with Crippen molar-refractivity contribution in [2.45, 2.75) is 30.8 Å². The Morgan fingerprint density at radius 2 is 1.40 bits per heavy atom. The van der Waals surface area contributed by atoms with Crippen LogP contribution in [0.3, 0.4) is 0 Å². The van der Waals surface area contributed by atoms with Crippen molar-refractivity contribution in [2.24, 2.45) is 0 Å². The second-order valence-electron chi connectivity index (χ2n) is 3.67. The molecule has 0 amide bonds. The lowest BCUT2D eigenvalue weighted by Gasteiger charge is -2.34. The summed E-state index contributed by atoms with van der Waals surface area (Å²) in [5.41, 5.74) is -0.874. The standard InChI is InChI=1S/C9H7F9O2/c1-4(2)5(19)20-9(17,18)8(15,16)7(13,14)6(11,12)3-10/h1,3H2,2H3. The van der Waals surface area contributed by atoms with Crippen LogP contribution < -0.4 is 0 Å². The predicted molar refractivity (Wildman–Crippen MR) is 46.7 cm³/mol. The van der Waals surface area contributed by atoms with E-state index in [1.807, 2.05) is 0 Å². The number of alkyl halides is 9. The zero-order valence-electron chi connectivity index (χ0n) is 9.63. The van der Waals surface area contributed by atoms with Gasteiger partial charge in [0.25, 0.3) is 0 Å². The predicted octanol–water partition coefficient (Wildman–Crippen LogP) is 3.57. The van der Waals surface area contributed by atoms with Crippen molar-refractivity contribution in [3.05, 3.63) is 12.2 Å². The van der Waals surface area contributed by atoms with Crippen molar-refractivity contribution in [3.8, 4) is 0 Å². The summed E-state index contributed by atoms with van der Waals surface area (Å²) in [4.78, 5) is 10.6. The number of esters is 1. The van der Waals surface area contributed by atoms with Gasteiger partial charge in [0.15, 0.2) is 6.67 Å². The highest BCUT2D eigenvalue weighted by atomic mass is 19.4. The molecule has 0 radical (unpaired) electrons. The zero-order chi connectivity index (χ0) is 16.6. The lowest BCUT2D eigenvalue weighted by molar-refractivity contribution is -0.416. The van der Waals surface area contributed by atoms with Crippen molar-refractivity contribution >= 4 is 5.97 Å². The first-order valence-electron chi connectivity index (χ1n) is 4.60. The molecule has 0 fully saturated rings. The van der Waals surface area contributed by atoms with Gasteiger partial charge < -0.3 is 4.74 Å². The van der Waals surface area contributed by atoms with Gasteiger partial charge in [0.1, 0.15) is 0 Å². The number of carbonyl (C=O) groups is 1. The highest BCUT2D eigenvalue weighted by Crippen LogP contribution is 2.53. The second kappa shape index (κ2) is 5.17. The normalized spacial score (nSPS) is 14.1. The second-order valence-corrected chi connectivity index (χ2v) is 3.67. The molecule has 118 valence electrons. The van der Waals surface area contributed by atoms with Crippen molar-refractivity contribution in [1.82, 2.24) is 0 Å². The van der Waals surface area contributed by atoms with E-state index in [0.717, 1.165) is 0 Å². The molecule has 0 aliphatic carbocycles. The highest BCUT2D eigenvalue weighted by molar-refractivity contribution is 5.87. The Hall–Kier alpha value is -1.42. The molecule has 0 saturated heterocycles. The molecule has 0 aromatic carbocycles. The van der Waals surface area contributed by atoms with Crippen LogP contribution in [0.2, 0.25) is 0 Å². The fourth-order valence-corrected chi connectivity index (χ4v) is 0.764. The molecule has 0 aliphatic heterocycles. The molecular weight excluding hydrogens is 311 g/mol. The maximum atomic E-state index is 12.8. The summed E-state index contributed by atoms with van der Waals surface area (Å²) >= 11 is 0. The zero-order valence-corrected chi connectivity index (χ0v) is 9.63. The molecule has 0 unspecified atom stereocenters. The summed E-state index contributed by atoms with van der Waals surface area (Å²) in [6, 6.07) is 0. The maximum absolute atomic E-state index is 12.8. The topological polar surface area (TPSA) is 26.3 Å². The summed E-state index contributed by atoms with van der Waals surface area (Å²) in [6.07, 6.45) is -6.30. The molecule has 0 saturated carbocycles. The van der Waals surface area contributed by atoms with Gasteiger partial charge in [0, 0.05) is 5.57 Å². The van der Waals surface area contributed by atoms with Crippen LogP contribution in [-0.2, 0) is 9.53 Å². The van der Waals surface area contributed by atoms with Crippen molar-refractivity contribution < 1.29 is 49.0 Å². The monoisotopic (exact) mass is 318 g/mol. The van der Waals surface area contributed by atoms with Crippen LogP contribution in [0.15, 0.2) is 12.2 Å². The van der Waals surface area contributed by atoms with E-state index in [9.17, 15) is 44.3 Å². The average Bonchev–Trinajstić information content (AvgIpc) is 2.27. The van der Waals surface area contributed by atoms with Crippen molar-refractivity contribution in [1.29, 1.82) is 0 Å². The molecule has 0 rings (SSSR count). The maximum Gasteiger partial charge on any atom is 0.473 e.